The van der Waals surface area contributed by atoms with Crippen molar-refractivity contribution in [3.63, 3.8) is 0 Å². The topological polar surface area (TPSA) is 84.5 Å². The fourth-order valence-corrected chi connectivity index (χ4v) is 3.63. The molecule has 0 radical (unpaired) electrons. The van der Waals surface area contributed by atoms with Gasteiger partial charge in [-0.25, -0.2) is 8.42 Å². The summed E-state index contributed by atoms with van der Waals surface area (Å²) in [4.78, 5) is 12.7. The average Bonchev–Trinajstić information content (AvgIpc) is 2.73. The van der Waals surface area contributed by atoms with Crippen LogP contribution in [-0.4, -0.2) is 20.9 Å². The van der Waals surface area contributed by atoms with Crippen molar-refractivity contribution >= 4 is 27.3 Å². The van der Waals surface area contributed by atoms with E-state index in [9.17, 15) is 13.2 Å². The van der Waals surface area contributed by atoms with Crippen molar-refractivity contribution in [1.82, 2.24) is 0 Å². The number of hydrogen-bond donors (Lipinski definition) is 2. The van der Waals surface area contributed by atoms with Crippen LogP contribution in [0.1, 0.15) is 10.4 Å². The molecule has 0 saturated heterocycles. The Morgan fingerprint density at radius 2 is 1.66 bits per heavy atom. The molecule has 0 spiro atoms. The molecule has 29 heavy (non-hydrogen) atoms. The standard InChI is InChI=1S/C22H20N2O4S/c1-2-14-28-20-11-7-9-18(16-20)23-22(25)17-8-6-10-19(15-17)24-29(26,27)21-12-4-3-5-13-21/h2-13,15-16,24H,1,14H2,(H,23,25). The van der Waals surface area contributed by atoms with Crippen LogP contribution in [-0.2, 0) is 10.0 Å². The molecule has 0 aromatic heterocycles. The zero-order valence-corrected chi connectivity index (χ0v) is 16.4. The molecule has 2 N–H and O–H groups in total. The Labute approximate surface area is 169 Å². The average molecular weight is 408 g/mol. The highest BCUT2D eigenvalue weighted by atomic mass is 32.2. The minimum absolute atomic E-state index is 0.145. The van der Waals surface area contributed by atoms with E-state index >= 15 is 0 Å². The SMILES string of the molecule is C=CCOc1cccc(NC(=O)c2cccc(NS(=O)(=O)c3ccccc3)c2)c1. The van der Waals surface area contributed by atoms with Crippen molar-refractivity contribution in [3.8, 4) is 5.75 Å². The molecule has 0 unspecified atom stereocenters. The van der Waals surface area contributed by atoms with E-state index in [0.717, 1.165) is 0 Å². The molecule has 3 rings (SSSR count). The lowest BCUT2D eigenvalue weighted by atomic mass is 10.2. The van der Waals surface area contributed by atoms with Crippen LogP contribution in [0.3, 0.4) is 0 Å². The molecule has 0 heterocycles. The van der Waals surface area contributed by atoms with E-state index in [0.29, 0.717) is 29.3 Å². The Bertz CT molecular complexity index is 1110. The summed E-state index contributed by atoms with van der Waals surface area (Å²) in [5.74, 6) is 0.235. The second-order valence-electron chi connectivity index (χ2n) is 6.08. The van der Waals surface area contributed by atoms with Crippen molar-refractivity contribution < 1.29 is 17.9 Å². The maximum Gasteiger partial charge on any atom is 0.261 e. The quantitative estimate of drug-likeness (QED) is 0.544. The summed E-state index contributed by atoms with van der Waals surface area (Å²) in [7, 11) is -3.74. The zero-order chi connectivity index (χ0) is 20.7. The summed E-state index contributed by atoms with van der Waals surface area (Å²) in [5.41, 5.74) is 1.17. The van der Waals surface area contributed by atoms with Gasteiger partial charge in [0, 0.05) is 23.0 Å². The normalized spacial score (nSPS) is 10.8. The van der Waals surface area contributed by atoms with Gasteiger partial charge in [-0.3, -0.25) is 9.52 Å². The van der Waals surface area contributed by atoms with Gasteiger partial charge in [0.25, 0.3) is 15.9 Å². The summed E-state index contributed by atoms with van der Waals surface area (Å²) in [6, 6.07) is 21.3. The molecule has 0 saturated carbocycles. The zero-order valence-electron chi connectivity index (χ0n) is 15.5. The van der Waals surface area contributed by atoms with Gasteiger partial charge in [0.15, 0.2) is 0 Å². The van der Waals surface area contributed by atoms with Crippen LogP contribution in [0.4, 0.5) is 11.4 Å². The number of anilines is 2. The highest BCUT2D eigenvalue weighted by Crippen LogP contribution is 2.20. The lowest BCUT2D eigenvalue weighted by Gasteiger charge is -2.11. The molecule has 0 bridgehead atoms. The monoisotopic (exact) mass is 408 g/mol. The Morgan fingerprint density at radius 3 is 2.41 bits per heavy atom. The van der Waals surface area contributed by atoms with Crippen molar-refractivity contribution in [1.29, 1.82) is 0 Å². The van der Waals surface area contributed by atoms with E-state index in [2.05, 4.69) is 16.6 Å². The van der Waals surface area contributed by atoms with E-state index in [1.807, 2.05) is 0 Å². The molecular formula is C22H20N2O4S. The third kappa shape index (κ3) is 5.46. The second kappa shape index (κ2) is 9.07. The van der Waals surface area contributed by atoms with Crippen LogP contribution < -0.4 is 14.8 Å². The third-order valence-electron chi connectivity index (χ3n) is 3.89. The van der Waals surface area contributed by atoms with Gasteiger partial charge in [0.05, 0.1) is 4.90 Å². The number of amides is 1. The number of carbonyl (C=O) groups excluding carboxylic acids is 1. The fraction of sp³-hybridized carbons (Fsp3) is 0.0455. The number of ether oxygens (including phenoxy) is 1. The molecule has 1 amide bonds. The number of hydrogen-bond acceptors (Lipinski definition) is 4. The summed E-state index contributed by atoms with van der Waals surface area (Å²) in [6.45, 7) is 3.96. The molecule has 148 valence electrons. The van der Waals surface area contributed by atoms with Crippen LogP contribution >= 0.6 is 0 Å². The van der Waals surface area contributed by atoms with Gasteiger partial charge < -0.3 is 10.1 Å². The minimum Gasteiger partial charge on any atom is -0.489 e. The molecular weight excluding hydrogens is 388 g/mol. The van der Waals surface area contributed by atoms with Crippen LogP contribution in [0.15, 0.2) is 96.4 Å². The van der Waals surface area contributed by atoms with Crippen molar-refractivity contribution in [3.05, 3.63) is 97.1 Å². The third-order valence-corrected chi connectivity index (χ3v) is 5.29. The maximum atomic E-state index is 12.6. The lowest BCUT2D eigenvalue weighted by molar-refractivity contribution is 0.102. The number of carbonyl (C=O) groups is 1. The molecule has 0 aliphatic heterocycles. The highest BCUT2D eigenvalue weighted by Gasteiger charge is 2.15. The number of rotatable bonds is 8. The summed E-state index contributed by atoms with van der Waals surface area (Å²) < 4.78 is 32.9. The first-order valence-electron chi connectivity index (χ1n) is 8.81. The second-order valence-corrected chi connectivity index (χ2v) is 7.76. The van der Waals surface area contributed by atoms with Crippen LogP contribution in [0.5, 0.6) is 5.75 Å². The Morgan fingerprint density at radius 1 is 0.931 bits per heavy atom. The molecule has 6 nitrogen and oxygen atoms in total. The predicted molar refractivity (Wildman–Crippen MR) is 114 cm³/mol. The van der Waals surface area contributed by atoms with Gasteiger partial charge in [0.1, 0.15) is 12.4 Å². The van der Waals surface area contributed by atoms with E-state index in [4.69, 9.17) is 4.74 Å². The van der Waals surface area contributed by atoms with Crippen molar-refractivity contribution in [2.75, 3.05) is 16.6 Å². The molecule has 0 aliphatic carbocycles. The van der Waals surface area contributed by atoms with Gasteiger partial charge >= 0.3 is 0 Å². The van der Waals surface area contributed by atoms with Gasteiger partial charge in [-0.1, -0.05) is 43.0 Å². The largest absolute Gasteiger partial charge is 0.489 e. The van der Waals surface area contributed by atoms with Gasteiger partial charge in [-0.05, 0) is 42.5 Å². The smallest absolute Gasteiger partial charge is 0.261 e. The predicted octanol–water partition coefficient (Wildman–Crippen LogP) is 4.30. The van der Waals surface area contributed by atoms with E-state index in [-0.39, 0.29) is 10.8 Å². The van der Waals surface area contributed by atoms with Crippen molar-refractivity contribution in [2.45, 2.75) is 4.90 Å². The Kier molecular flexibility index (Phi) is 6.31. The minimum atomic E-state index is -3.74. The molecule has 0 aliphatic rings. The van der Waals surface area contributed by atoms with Crippen molar-refractivity contribution in [2.24, 2.45) is 0 Å². The first-order valence-corrected chi connectivity index (χ1v) is 10.3. The maximum absolute atomic E-state index is 12.6. The fourth-order valence-electron chi connectivity index (χ4n) is 2.56. The molecule has 7 heteroatoms. The van der Waals surface area contributed by atoms with Gasteiger partial charge in [0.2, 0.25) is 0 Å². The van der Waals surface area contributed by atoms with Gasteiger partial charge in [-0.2, -0.15) is 0 Å². The summed E-state index contributed by atoms with van der Waals surface area (Å²) in [5, 5.41) is 2.77. The Hall–Kier alpha value is -3.58. The molecule has 0 atom stereocenters. The molecule has 3 aromatic carbocycles. The molecule has 0 fully saturated rings. The lowest BCUT2D eigenvalue weighted by Crippen LogP contribution is -2.15. The highest BCUT2D eigenvalue weighted by molar-refractivity contribution is 7.92. The number of benzene rings is 3. The first kappa shape index (κ1) is 20.2. The number of sulfonamides is 1. The molecule has 3 aromatic rings. The first-order chi connectivity index (χ1) is 14.0. The van der Waals surface area contributed by atoms with E-state index in [1.165, 1.54) is 18.2 Å². The van der Waals surface area contributed by atoms with Crippen LogP contribution in [0.25, 0.3) is 0 Å². The summed E-state index contributed by atoms with van der Waals surface area (Å²) in [6.07, 6.45) is 1.63. The van der Waals surface area contributed by atoms with Crippen LogP contribution in [0, 0.1) is 0 Å². The Balaban J connectivity index is 1.74. The van der Waals surface area contributed by atoms with Crippen LogP contribution in [0.2, 0.25) is 0 Å². The number of nitrogens with one attached hydrogen (secondary N) is 2. The van der Waals surface area contributed by atoms with Gasteiger partial charge in [-0.15, -0.1) is 0 Å². The van der Waals surface area contributed by atoms with E-state index in [1.54, 1.807) is 66.7 Å². The van der Waals surface area contributed by atoms with E-state index < -0.39 is 10.0 Å². The summed E-state index contributed by atoms with van der Waals surface area (Å²) >= 11 is 0.